The van der Waals surface area contributed by atoms with Crippen LogP contribution in [0.2, 0.25) is 0 Å². The van der Waals surface area contributed by atoms with Crippen molar-refractivity contribution in [3.63, 3.8) is 0 Å². The first-order valence-electron chi connectivity index (χ1n) is 9.55. The number of anilines is 2. The van der Waals surface area contributed by atoms with Crippen LogP contribution in [-0.4, -0.2) is 56.6 Å². The van der Waals surface area contributed by atoms with Crippen LogP contribution in [0.25, 0.3) is 0 Å². The fourth-order valence-electron chi connectivity index (χ4n) is 3.22. The summed E-state index contributed by atoms with van der Waals surface area (Å²) in [6, 6.07) is 13.8. The summed E-state index contributed by atoms with van der Waals surface area (Å²) in [7, 11) is 1.59. The van der Waals surface area contributed by atoms with Crippen LogP contribution in [0.1, 0.15) is 6.42 Å². The second-order valence-corrected chi connectivity index (χ2v) is 6.69. The third-order valence-corrected chi connectivity index (χ3v) is 4.80. The Bertz CT molecular complexity index is 855. The van der Waals surface area contributed by atoms with E-state index in [0.29, 0.717) is 31.8 Å². The van der Waals surface area contributed by atoms with Gasteiger partial charge >= 0.3 is 0 Å². The highest BCUT2D eigenvalue weighted by Gasteiger charge is 2.20. The number of carbonyl (C=O) groups excluding carboxylic acids is 1. The van der Waals surface area contributed by atoms with Crippen LogP contribution in [0, 0.1) is 5.82 Å². The third kappa shape index (κ3) is 6.48. The molecule has 1 aliphatic rings. The highest BCUT2D eigenvalue weighted by molar-refractivity contribution is 14.0. The van der Waals surface area contributed by atoms with Gasteiger partial charge in [-0.3, -0.25) is 9.79 Å². The first-order valence-corrected chi connectivity index (χ1v) is 9.55. The maximum atomic E-state index is 13.1. The summed E-state index contributed by atoms with van der Waals surface area (Å²) >= 11 is 0. The first-order chi connectivity index (χ1) is 14.1. The monoisotopic (exact) mass is 527 g/mol. The van der Waals surface area contributed by atoms with Gasteiger partial charge in [-0.15, -0.1) is 24.0 Å². The fourth-order valence-corrected chi connectivity index (χ4v) is 3.22. The molecule has 1 fully saturated rings. The first kappa shape index (κ1) is 23.7. The zero-order chi connectivity index (χ0) is 20.6. The van der Waals surface area contributed by atoms with Gasteiger partial charge in [0.2, 0.25) is 5.91 Å². The Hall–Kier alpha value is -2.56. The van der Waals surface area contributed by atoms with E-state index in [9.17, 15) is 9.18 Å². The number of methoxy groups -OCH3 is 1. The SMILES string of the molecule is COc1ccccc1NC(N)=NCCC(=O)N1CCN(c2ccc(F)cc2)CC1.I. The normalized spacial score (nSPS) is 14.1. The molecular weight excluding hydrogens is 500 g/mol. The molecule has 7 nitrogen and oxygen atoms in total. The number of ether oxygens (including phenoxy) is 1. The number of carbonyl (C=O) groups is 1. The number of hydrogen-bond acceptors (Lipinski definition) is 4. The molecule has 162 valence electrons. The van der Waals surface area contributed by atoms with E-state index in [1.165, 1.54) is 12.1 Å². The summed E-state index contributed by atoms with van der Waals surface area (Å²) in [4.78, 5) is 20.7. The molecule has 0 bridgehead atoms. The summed E-state index contributed by atoms with van der Waals surface area (Å²) in [6.45, 7) is 3.02. The Morgan fingerprint density at radius 2 is 1.80 bits per heavy atom. The average molecular weight is 527 g/mol. The minimum atomic E-state index is -0.248. The number of rotatable bonds is 6. The Labute approximate surface area is 193 Å². The molecule has 3 N–H and O–H groups in total. The van der Waals surface area contributed by atoms with Crippen LogP contribution >= 0.6 is 24.0 Å². The Morgan fingerprint density at radius 3 is 2.47 bits per heavy atom. The van der Waals surface area contributed by atoms with E-state index < -0.39 is 0 Å². The number of para-hydroxylation sites is 2. The van der Waals surface area contributed by atoms with E-state index in [2.05, 4.69) is 15.2 Å². The highest BCUT2D eigenvalue weighted by atomic mass is 127. The van der Waals surface area contributed by atoms with Crippen LogP contribution in [-0.2, 0) is 4.79 Å². The number of aliphatic imine (C=N–C) groups is 1. The smallest absolute Gasteiger partial charge is 0.224 e. The van der Waals surface area contributed by atoms with Crippen LogP contribution in [0.15, 0.2) is 53.5 Å². The summed E-state index contributed by atoms with van der Waals surface area (Å²) in [5, 5.41) is 2.99. The van der Waals surface area contributed by atoms with E-state index in [1.807, 2.05) is 29.2 Å². The van der Waals surface area contributed by atoms with Gasteiger partial charge in [-0.2, -0.15) is 0 Å². The van der Waals surface area contributed by atoms with E-state index in [1.54, 1.807) is 19.2 Å². The van der Waals surface area contributed by atoms with Gasteiger partial charge in [0.25, 0.3) is 0 Å². The molecule has 0 spiro atoms. The van der Waals surface area contributed by atoms with Gasteiger partial charge < -0.3 is 25.6 Å². The van der Waals surface area contributed by atoms with Gasteiger partial charge in [-0.1, -0.05) is 12.1 Å². The summed E-state index contributed by atoms with van der Waals surface area (Å²) in [5.74, 6) is 0.712. The number of piperazine rings is 1. The number of amides is 1. The quantitative estimate of drug-likeness (QED) is 0.343. The molecule has 1 amide bonds. The van der Waals surface area contributed by atoms with Gasteiger partial charge in [-0.25, -0.2) is 4.39 Å². The molecule has 0 radical (unpaired) electrons. The Balaban J connectivity index is 0.00000320. The third-order valence-electron chi connectivity index (χ3n) is 4.80. The zero-order valence-corrected chi connectivity index (χ0v) is 19.2. The number of halogens is 2. The number of guanidine groups is 1. The molecule has 0 aromatic heterocycles. The second-order valence-electron chi connectivity index (χ2n) is 6.69. The van der Waals surface area contributed by atoms with Crippen molar-refractivity contribution in [2.75, 3.05) is 50.1 Å². The minimum Gasteiger partial charge on any atom is -0.495 e. The van der Waals surface area contributed by atoms with Crippen LogP contribution in [0.3, 0.4) is 0 Å². The summed E-state index contributed by atoms with van der Waals surface area (Å²) in [6.07, 6.45) is 0.296. The van der Waals surface area contributed by atoms with Crippen molar-refractivity contribution in [2.45, 2.75) is 6.42 Å². The maximum absolute atomic E-state index is 13.1. The molecule has 9 heteroatoms. The molecule has 0 saturated carbocycles. The van der Waals surface area contributed by atoms with Gasteiger partial charge in [-0.05, 0) is 36.4 Å². The van der Waals surface area contributed by atoms with Crippen molar-refractivity contribution in [1.82, 2.24) is 4.90 Å². The largest absolute Gasteiger partial charge is 0.495 e. The lowest BCUT2D eigenvalue weighted by Gasteiger charge is -2.36. The van der Waals surface area contributed by atoms with Crippen LogP contribution in [0.4, 0.5) is 15.8 Å². The molecule has 3 rings (SSSR count). The van der Waals surface area contributed by atoms with Crippen molar-refractivity contribution in [1.29, 1.82) is 0 Å². The van der Waals surface area contributed by atoms with Gasteiger partial charge in [0, 0.05) is 38.3 Å². The number of nitrogens with two attached hydrogens (primary N) is 1. The number of benzene rings is 2. The summed E-state index contributed by atoms with van der Waals surface area (Å²) < 4.78 is 18.3. The number of hydrogen-bond donors (Lipinski definition) is 2. The Morgan fingerprint density at radius 1 is 1.13 bits per heavy atom. The highest BCUT2D eigenvalue weighted by Crippen LogP contribution is 2.22. The van der Waals surface area contributed by atoms with Crippen LogP contribution in [0.5, 0.6) is 5.75 Å². The van der Waals surface area contributed by atoms with Crippen molar-refractivity contribution >= 4 is 47.2 Å². The van der Waals surface area contributed by atoms with E-state index in [4.69, 9.17) is 10.5 Å². The van der Waals surface area contributed by atoms with Crippen molar-refractivity contribution < 1.29 is 13.9 Å². The van der Waals surface area contributed by atoms with Crippen LogP contribution < -0.4 is 20.7 Å². The molecular formula is C21H27FIN5O2. The molecule has 2 aromatic rings. The lowest BCUT2D eigenvalue weighted by atomic mass is 10.2. The van der Waals surface area contributed by atoms with Crippen molar-refractivity contribution in [2.24, 2.45) is 10.7 Å². The van der Waals surface area contributed by atoms with Gasteiger partial charge in [0.1, 0.15) is 11.6 Å². The van der Waals surface area contributed by atoms with Gasteiger partial charge in [0.15, 0.2) is 5.96 Å². The standard InChI is InChI=1S/C21H26FN5O2.HI/c1-29-19-5-3-2-4-18(19)25-21(23)24-11-10-20(28)27-14-12-26(13-15-27)17-8-6-16(22)7-9-17;/h2-9H,10-15H2,1H3,(H3,23,24,25);1H. The molecule has 1 aliphatic heterocycles. The maximum Gasteiger partial charge on any atom is 0.224 e. The molecule has 0 unspecified atom stereocenters. The topological polar surface area (TPSA) is 83.2 Å². The van der Waals surface area contributed by atoms with E-state index in [0.717, 1.165) is 24.5 Å². The minimum absolute atomic E-state index is 0. The van der Waals surface area contributed by atoms with E-state index in [-0.39, 0.29) is 41.7 Å². The lowest BCUT2D eigenvalue weighted by Crippen LogP contribution is -2.48. The molecule has 1 saturated heterocycles. The molecule has 0 atom stereocenters. The molecule has 0 aliphatic carbocycles. The average Bonchev–Trinajstić information content (AvgIpc) is 2.74. The molecule has 30 heavy (non-hydrogen) atoms. The van der Waals surface area contributed by atoms with E-state index >= 15 is 0 Å². The molecule has 1 heterocycles. The lowest BCUT2D eigenvalue weighted by molar-refractivity contribution is -0.131. The zero-order valence-electron chi connectivity index (χ0n) is 16.9. The predicted octanol–water partition coefficient (Wildman–Crippen LogP) is 2.92. The number of nitrogens with zero attached hydrogens (tertiary/aromatic N) is 3. The second kappa shape index (κ2) is 11.6. The van der Waals surface area contributed by atoms with Crippen molar-refractivity contribution in [3.05, 3.63) is 54.3 Å². The molecule has 2 aromatic carbocycles. The Kier molecular flexibility index (Phi) is 9.15. The fraction of sp³-hybridized carbons (Fsp3) is 0.333. The van der Waals surface area contributed by atoms with Crippen molar-refractivity contribution in [3.8, 4) is 5.75 Å². The summed E-state index contributed by atoms with van der Waals surface area (Å²) in [5.41, 5.74) is 7.60. The predicted molar refractivity (Wildman–Crippen MR) is 128 cm³/mol. The number of nitrogens with one attached hydrogen (secondary N) is 1. The van der Waals surface area contributed by atoms with Gasteiger partial charge in [0.05, 0.1) is 19.3 Å².